The van der Waals surface area contributed by atoms with E-state index >= 15 is 0 Å². The van der Waals surface area contributed by atoms with Gasteiger partial charge in [-0.3, -0.25) is 0 Å². The van der Waals surface area contributed by atoms with E-state index in [2.05, 4.69) is 10.2 Å². The summed E-state index contributed by atoms with van der Waals surface area (Å²) in [6.45, 7) is 0.236. The van der Waals surface area contributed by atoms with Crippen molar-refractivity contribution in [2.75, 3.05) is 13.7 Å². The van der Waals surface area contributed by atoms with Crippen LogP contribution in [0.5, 0.6) is 0 Å². The van der Waals surface area contributed by atoms with E-state index in [0.717, 1.165) is 12.1 Å². The molecule has 2 N–H and O–H groups in total. The molecule has 2 amide bonds. The molecule has 0 saturated carbocycles. The van der Waals surface area contributed by atoms with Gasteiger partial charge in [0, 0.05) is 6.20 Å². The second-order valence-corrected chi connectivity index (χ2v) is 5.69. The summed E-state index contributed by atoms with van der Waals surface area (Å²) in [6, 6.07) is 4.62. The van der Waals surface area contributed by atoms with Gasteiger partial charge in [0.25, 0.3) is 10.0 Å². The van der Waals surface area contributed by atoms with Gasteiger partial charge in [-0.15, -0.1) is 0 Å². The lowest BCUT2D eigenvalue weighted by Crippen LogP contribution is -2.46. The zero-order valence-electron chi connectivity index (χ0n) is 11.1. The predicted octanol–water partition coefficient (Wildman–Crippen LogP) is 0.205. The number of hydrogen-bond donors (Lipinski definition) is 2. The van der Waals surface area contributed by atoms with Crippen LogP contribution in [0.25, 0.3) is 0 Å². The normalized spacial score (nSPS) is 13.7. The maximum atomic E-state index is 12.2. The Morgan fingerprint density at radius 2 is 2.05 bits per heavy atom. The molecular formula is C12H13N3O5S. The molecule has 0 radical (unpaired) electrons. The third-order valence-corrected chi connectivity index (χ3v) is 4.06. The number of carbonyl (C=O) groups is 2. The zero-order valence-corrected chi connectivity index (χ0v) is 11.9. The molecule has 1 aliphatic rings. The van der Waals surface area contributed by atoms with E-state index in [9.17, 15) is 18.0 Å². The number of methoxy groups -OCH3 is 1. The third kappa shape index (κ3) is 3.14. The van der Waals surface area contributed by atoms with Gasteiger partial charge in [0.1, 0.15) is 4.90 Å². The average Bonchev–Trinajstić information content (AvgIpc) is 3.00. The molecule has 1 heterocycles. The van der Waals surface area contributed by atoms with E-state index in [1.807, 2.05) is 4.72 Å². The highest BCUT2D eigenvalue weighted by Gasteiger charge is 2.26. The Hall–Kier alpha value is -2.55. The fraction of sp³-hybridized carbons (Fsp3) is 0.167. The highest BCUT2D eigenvalue weighted by Crippen LogP contribution is 2.16. The molecule has 0 saturated heterocycles. The first-order valence-corrected chi connectivity index (χ1v) is 7.37. The Balaban J connectivity index is 2.27. The van der Waals surface area contributed by atoms with Gasteiger partial charge in [0.2, 0.25) is 0 Å². The predicted molar refractivity (Wildman–Crippen MR) is 72.5 cm³/mol. The summed E-state index contributed by atoms with van der Waals surface area (Å²) in [4.78, 5) is 23.1. The molecule has 0 unspecified atom stereocenters. The number of amides is 2. The Morgan fingerprint density at radius 3 is 2.67 bits per heavy atom. The summed E-state index contributed by atoms with van der Waals surface area (Å²) in [5.74, 6) is -0.801. The van der Waals surface area contributed by atoms with Gasteiger partial charge in [-0.2, -0.15) is 0 Å². The first kappa shape index (κ1) is 14.9. The fourth-order valence-electron chi connectivity index (χ4n) is 1.70. The summed E-state index contributed by atoms with van der Waals surface area (Å²) < 4.78 is 30.9. The van der Waals surface area contributed by atoms with E-state index < -0.39 is 22.0 Å². The molecule has 0 aliphatic carbocycles. The van der Waals surface area contributed by atoms with Gasteiger partial charge in [0.15, 0.2) is 0 Å². The van der Waals surface area contributed by atoms with Crippen molar-refractivity contribution >= 4 is 22.0 Å². The molecule has 0 spiro atoms. The average molecular weight is 311 g/mol. The SMILES string of the molecule is COC(=O)c1ccccc1S(=O)(=O)NC(=O)N1CC=CN1. The van der Waals surface area contributed by atoms with Crippen LogP contribution in [0.15, 0.2) is 41.4 Å². The largest absolute Gasteiger partial charge is 0.465 e. The smallest absolute Gasteiger partial charge is 0.350 e. The van der Waals surface area contributed by atoms with Crippen LogP contribution in [0.4, 0.5) is 4.79 Å². The second kappa shape index (κ2) is 5.83. The van der Waals surface area contributed by atoms with Gasteiger partial charge in [-0.25, -0.2) is 27.7 Å². The maximum absolute atomic E-state index is 12.2. The number of benzene rings is 1. The zero-order chi connectivity index (χ0) is 15.5. The lowest BCUT2D eigenvalue weighted by atomic mass is 10.2. The van der Waals surface area contributed by atoms with Crippen molar-refractivity contribution in [3.05, 3.63) is 42.1 Å². The number of nitrogens with zero attached hydrogens (tertiary/aromatic N) is 1. The van der Waals surface area contributed by atoms with E-state index in [-0.39, 0.29) is 17.0 Å². The van der Waals surface area contributed by atoms with Crippen LogP contribution >= 0.6 is 0 Å². The molecule has 1 aromatic rings. The van der Waals surface area contributed by atoms with Crippen molar-refractivity contribution < 1.29 is 22.7 Å². The van der Waals surface area contributed by atoms with Crippen molar-refractivity contribution in [3.63, 3.8) is 0 Å². The summed E-state index contributed by atoms with van der Waals surface area (Å²) in [7, 11) is -3.05. The van der Waals surface area contributed by atoms with E-state index in [1.54, 1.807) is 6.08 Å². The van der Waals surface area contributed by atoms with Gasteiger partial charge >= 0.3 is 12.0 Å². The molecule has 112 valence electrons. The van der Waals surface area contributed by atoms with Crippen molar-refractivity contribution in [2.24, 2.45) is 0 Å². The number of carbonyl (C=O) groups excluding carboxylic acids is 2. The number of ether oxygens (including phenoxy) is 1. The minimum absolute atomic E-state index is 0.146. The summed E-state index contributed by atoms with van der Waals surface area (Å²) in [5, 5.41) is 1.07. The first-order valence-electron chi connectivity index (χ1n) is 5.88. The van der Waals surface area contributed by atoms with Crippen LogP contribution in [0, 0.1) is 0 Å². The standard InChI is InChI=1S/C12H13N3O5S/c1-20-11(16)9-5-2-3-6-10(9)21(18,19)14-12(17)15-8-4-7-13-15/h2-7,13H,8H2,1H3,(H,14,17). The minimum Gasteiger partial charge on any atom is -0.465 e. The number of hydrogen-bond acceptors (Lipinski definition) is 6. The Kier molecular flexibility index (Phi) is 4.13. The van der Waals surface area contributed by atoms with E-state index in [0.29, 0.717) is 0 Å². The summed E-state index contributed by atoms with van der Waals surface area (Å²) in [5.41, 5.74) is 2.42. The molecule has 0 aromatic heterocycles. The van der Waals surface area contributed by atoms with Crippen LogP contribution in [-0.2, 0) is 14.8 Å². The van der Waals surface area contributed by atoms with Crippen molar-refractivity contribution in [1.29, 1.82) is 0 Å². The van der Waals surface area contributed by atoms with Gasteiger partial charge in [-0.1, -0.05) is 12.1 Å². The van der Waals surface area contributed by atoms with Crippen LogP contribution in [0.2, 0.25) is 0 Å². The fourth-order valence-corrected chi connectivity index (χ4v) is 2.85. The highest BCUT2D eigenvalue weighted by molar-refractivity contribution is 7.90. The summed E-state index contributed by atoms with van der Waals surface area (Å²) >= 11 is 0. The number of sulfonamides is 1. The Morgan fingerprint density at radius 1 is 1.33 bits per heavy atom. The lowest BCUT2D eigenvalue weighted by Gasteiger charge is -2.17. The number of urea groups is 1. The molecule has 21 heavy (non-hydrogen) atoms. The summed E-state index contributed by atoms with van der Waals surface area (Å²) in [6.07, 6.45) is 3.16. The van der Waals surface area contributed by atoms with Crippen LogP contribution < -0.4 is 10.1 Å². The lowest BCUT2D eigenvalue weighted by molar-refractivity contribution is 0.0596. The second-order valence-electron chi connectivity index (χ2n) is 4.04. The minimum atomic E-state index is -4.19. The molecule has 2 rings (SSSR count). The first-order chi connectivity index (χ1) is 9.95. The van der Waals surface area contributed by atoms with Gasteiger partial charge in [0.05, 0.1) is 19.2 Å². The van der Waals surface area contributed by atoms with Crippen LogP contribution in [-0.4, -0.2) is 39.1 Å². The highest BCUT2D eigenvalue weighted by atomic mass is 32.2. The molecule has 8 nitrogen and oxygen atoms in total. The van der Waals surface area contributed by atoms with E-state index in [1.165, 1.54) is 30.5 Å². The molecule has 0 bridgehead atoms. The van der Waals surface area contributed by atoms with Gasteiger partial charge in [-0.05, 0) is 18.2 Å². The van der Waals surface area contributed by atoms with Crippen molar-refractivity contribution in [1.82, 2.24) is 15.2 Å². The molecular weight excluding hydrogens is 298 g/mol. The number of nitrogens with one attached hydrogen (secondary N) is 2. The van der Waals surface area contributed by atoms with Crippen LogP contribution in [0.3, 0.4) is 0 Å². The number of hydrazine groups is 1. The molecule has 9 heteroatoms. The molecule has 1 aliphatic heterocycles. The Bertz CT molecular complexity index is 691. The van der Waals surface area contributed by atoms with Crippen molar-refractivity contribution in [2.45, 2.75) is 4.90 Å². The monoisotopic (exact) mass is 311 g/mol. The third-order valence-electron chi connectivity index (χ3n) is 2.68. The molecule has 0 fully saturated rings. The quantitative estimate of drug-likeness (QED) is 0.773. The number of esters is 1. The van der Waals surface area contributed by atoms with Gasteiger partial charge < -0.3 is 10.2 Å². The Labute approximate surface area is 121 Å². The number of rotatable bonds is 3. The van der Waals surface area contributed by atoms with Crippen molar-refractivity contribution in [3.8, 4) is 0 Å². The topological polar surface area (TPSA) is 105 Å². The van der Waals surface area contributed by atoms with E-state index in [4.69, 9.17) is 0 Å². The maximum Gasteiger partial charge on any atom is 0.350 e. The molecule has 0 atom stereocenters. The van der Waals surface area contributed by atoms with Crippen LogP contribution in [0.1, 0.15) is 10.4 Å². The molecule has 1 aromatic carbocycles.